The summed E-state index contributed by atoms with van der Waals surface area (Å²) < 4.78 is 0. The number of amides is 2. The predicted octanol–water partition coefficient (Wildman–Crippen LogP) is 4.86. The molecule has 0 spiro atoms. The summed E-state index contributed by atoms with van der Waals surface area (Å²) >= 11 is 5.93. The first-order valence-corrected chi connectivity index (χ1v) is 8.71. The lowest BCUT2D eigenvalue weighted by molar-refractivity contribution is 0.102. The topological polar surface area (TPSA) is 71.1 Å². The van der Waals surface area contributed by atoms with Crippen LogP contribution in [-0.2, 0) is 0 Å². The van der Waals surface area contributed by atoms with Crippen LogP contribution in [0, 0.1) is 13.8 Å². The smallest absolute Gasteiger partial charge is 0.257 e. The van der Waals surface area contributed by atoms with Crippen molar-refractivity contribution in [3.63, 3.8) is 0 Å². The van der Waals surface area contributed by atoms with Crippen LogP contribution < -0.4 is 10.6 Å². The van der Waals surface area contributed by atoms with Crippen LogP contribution in [0.25, 0.3) is 0 Å². The van der Waals surface area contributed by atoms with Crippen molar-refractivity contribution in [1.82, 2.24) is 4.98 Å². The number of anilines is 2. The van der Waals surface area contributed by atoms with Crippen molar-refractivity contribution >= 4 is 34.8 Å². The van der Waals surface area contributed by atoms with Gasteiger partial charge in [0.05, 0.1) is 11.1 Å². The molecule has 136 valence electrons. The van der Waals surface area contributed by atoms with Gasteiger partial charge in [-0.2, -0.15) is 0 Å². The molecular formula is C21H18ClN3O2. The van der Waals surface area contributed by atoms with Gasteiger partial charge in [0.1, 0.15) is 0 Å². The van der Waals surface area contributed by atoms with Gasteiger partial charge in [0.2, 0.25) is 0 Å². The second-order valence-electron chi connectivity index (χ2n) is 6.15. The van der Waals surface area contributed by atoms with Crippen LogP contribution in [0.3, 0.4) is 0 Å². The maximum absolute atomic E-state index is 12.6. The molecule has 0 unspecified atom stereocenters. The van der Waals surface area contributed by atoms with Crippen molar-refractivity contribution < 1.29 is 9.59 Å². The number of rotatable bonds is 4. The Kier molecular flexibility index (Phi) is 5.52. The Hall–Kier alpha value is -3.18. The van der Waals surface area contributed by atoms with E-state index in [-0.39, 0.29) is 17.4 Å². The number of benzene rings is 2. The van der Waals surface area contributed by atoms with Crippen molar-refractivity contribution in [3.8, 4) is 0 Å². The zero-order valence-corrected chi connectivity index (χ0v) is 15.7. The minimum Gasteiger partial charge on any atom is -0.322 e. The molecule has 6 heteroatoms. The third-order valence-electron chi connectivity index (χ3n) is 4.06. The zero-order valence-electron chi connectivity index (χ0n) is 14.9. The molecule has 27 heavy (non-hydrogen) atoms. The van der Waals surface area contributed by atoms with Crippen LogP contribution in [0.2, 0.25) is 5.02 Å². The minimum atomic E-state index is -0.369. The number of pyridine rings is 1. The van der Waals surface area contributed by atoms with Gasteiger partial charge in [0, 0.05) is 28.8 Å². The average Bonchev–Trinajstić information content (AvgIpc) is 2.65. The first kappa shape index (κ1) is 18.6. The molecule has 2 aromatic carbocycles. The van der Waals surface area contributed by atoms with Gasteiger partial charge in [-0.15, -0.1) is 0 Å². The molecule has 0 saturated carbocycles. The van der Waals surface area contributed by atoms with E-state index in [0.717, 1.165) is 16.8 Å². The van der Waals surface area contributed by atoms with Crippen molar-refractivity contribution in [2.45, 2.75) is 13.8 Å². The summed E-state index contributed by atoms with van der Waals surface area (Å²) in [5.74, 6) is -0.691. The number of para-hydroxylation sites is 1. The lowest BCUT2D eigenvalue weighted by atomic mass is 10.1. The molecule has 1 heterocycles. The molecule has 5 nitrogen and oxygen atoms in total. The number of carbonyl (C=O) groups excluding carboxylic acids is 2. The zero-order chi connectivity index (χ0) is 19.4. The molecule has 0 aliphatic carbocycles. The third kappa shape index (κ3) is 4.51. The minimum absolute atomic E-state index is 0.282. The second-order valence-corrected chi connectivity index (χ2v) is 6.58. The van der Waals surface area contributed by atoms with Gasteiger partial charge < -0.3 is 10.6 Å². The van der Waals surface area contributed by atoms with Crippen LogP contribution in [0.1, 0.15) is 31.8 Å². The van der Waals surface area contributed by atoms with Gasteiger partial charge >= 0.3 is 0 Å². The molecule has 1 aromatic heterocycles. The number of carbonyl (C=O) groups is 2. The van der Waals surface area contributed by atoms with Crippen molar-refractivity contribution in [3.05, 3.63) is 88.2 Å². The maximum atomic E-state index is 12.6. The van der Waals surface area contributed by atoms with Crippen molar-refractivity contribution in [2.24, 2.45) is 0 Å². The number of hydrogen-bond donors (Lipinski definition) is 2. The lowest BCUT2D eigenvalue weighted by Crippen LogP contribution is -2.17. The van der Waals surface area contributed by atoms with Crippen molar-refractivity contribution in [1.29, 1.82) is 0 Å². The summed E-state index contributed by atoms with van der Waals surface area (Å²) in [4.78, 5) is 29.1. The van der Waals surface area contributed by atoms with Gasteiger partial charge in [-0.05, 0) is 49.2 Å². The molecule has 0 radical (unpaired) electrons. The van der Waals surface area contributed by atoms with Gasteiger partial charge in [-0.3, -0.25) is 14.6 Å². The molecular weight excluding hydrogens is 362 g/mol. The Morgan fingerprint density at radius 1 is 0.852 bits per heavy atom. The predicted molar refractivity (Wildman–Crippen MR) is 108 cm³/mol. The highest BCUT2D eigenvalue weighted by atomic mass is 35.5. The highest BCUT2D eigenvalue weighted by Gasteiger charge is 2.13. The largest absolute Gasteiger partial charge is 0.322 e. The molecule has 2 N–H and O–H groups in total. The quantitative estimate of drug-likeness (QED) is 0.680. The van der Waals surface area contributed by atoms with Gasteiger partial charge in [-0.1, -0.05) is 35.9 Å². The van der Waals surface area contributed by atoms with E-state index in [2.05, 4.69) is 15.6 Å². The molecule has 0 saturated heterocycles. The van der Waals surface area contributed by atoms with Crippen LogP contribution in [0.4, 0.5) is 11.4 Å². The summed E-state index contributed by atoms with van der Waals surface area (Å²) in [6, 6.07) is 14.1. The van der Waals surface area contributed by atoms with E-state index in [4.69, 9.17) is 11.6 Å². The molecule has 0 atom stereocenters. The van der Waals surface area contributed by atoms with E-state index in [0.29, 0.717) is 16.3 Å². The SMILES string of the molecule is Cc1cccc(C)c1NC(=O)c1cncc(C(=O)Nc2cccc(Cl)c2)c1. The molecule has 3 rings (SSSR count). The first-order valence-electron chi connectivity index (χ1n) is 8.33. The first-order chi connectivity index (χ1) is 12.9. The standard InChI is InChI=1S/C21H18ClN3O2/c1-13-5-3-6-14(2)19(13)25-21(27)16-9-15(11-23-12-16)20(26)24-18-8-4-7-17(22)10-18/h3-12H,1-2H3,(H,24,26)(H,25,27). The Morgan fingerprint density at radius 3 is 2.07 bits per heavy atom. The van der Waals surface area contributed by atoms with Crippen LogP contribution in [0.15, 0.2) is 60.9 Å². The fourth-order valence-electron chi connectivity index (χ4n) is 2.66. The maximum Gasteiger partial charge on any atom is 0.257 e. The third-order valence-corrected chi connectivity index (χ3v) is 4.30. The Labute approximate surface area is 162 Å². The summed E-state index contributed by atoms with van der Waals surface area (Å²) in [5.41, 5.74) is 3.84. The van der Waals surface area contributed by atoms with Gasteiger partial charge in [-0.25, -0.2) is 0 Å². The number of nitrogens with one attached hydrogen (secondary N) is 2. The summed E-state index contributed by atoms with van der Waals surface area (Å²) in [7, 11) is 0. The van der Waals surface area contributed by atoms with E-state index in [9.17, 15) is 9.59 Å². The Morgan fingerprint density at radius 2 is 1.44 bits per heavy atom. The molecule has 2 amide bonds. The monoisotopic (exact) mass is 379 g/mol. The summed E-state index contributed by atoms with van der Waals surface area (Å²) in [6.45, 7) is 3.85. The average molecular weight is 380 g/mol. The number of nitrogens with zero attached hydrogens (tertiary/aromatic N) is 1. The highest BCUT2D eigenvalue weighted by molar-refractivity contribution is 6.31. The van der Waals surface area contributed by atoms with E-state index in [1.807, 2.05) is 32.0 Å². The van der Waals surface area contributed by atoms with Gasteiger partial charge in [0.15, 0.2) is 0 Å². The van der Waals surface area contributed by atoms with Crippen LogP contribution >= 0.6 is 11.6 Å². The number of aromatic nitrogens is 1. The number of aryl methyl sites for hydroxylation is 2. The molecule has 0 aliphatic heterocycles. The van der Waals surface area contributed by atoms with Gasteiger partial charge in [0.25, 0.3) is 11.8 Å². The van der Waals surface area contributed by atoms with E-state index < -0.39 is 0 Å². The molecule has 0 fully saturated rings. The fraction of sp³-hybridized carbons (Fsp3) is 0.0952. The Balaban J connectivity index is 1.78. The fourth-order valence-corrected chi connectivity index (χ4v) is 2.85. The Bertz CT molecular complexity index is 998. The summed E-state index contributed by atoms with van der Waals surface area (Å²) in [5, 5.41) is 6.15. The van der Waals surface area contributed by atoms with E-state index in [1.54, 1.807) is 24.3 Å². The van der Waals surface area contributed by atoms with E-state index in [1.165, 1.54) is 18.5 Å². The lowest BCUT2D eigenvalue weighted by Gasteiger charge is -2.12. The summed E-state index contributed by atoms with van der Waals surface area (Å²) in [6.07, 6.45) is 2.84. The second kappa shape index (κ2) is 8.01. The highest BCUT2D eigenvalue weighted by Crippen LogP contribution is 2.21. The normalized spacial score (nSPS) is 10.3. The molecule has 0 bridgehead atoms. The number of halogens is 1. The van der Waals surface area contributed by atoms with Crippen molar-refractivity contribution in [2.75, 3.05) is 10.6 Å². The van der Waals surface area contributed by atoms with Crippen LogP contribution in [-0.4, -0.2) is 16.8 Å². The van der Waals surface area contributed by atoms with E-state index >= 15 is 0 Å². The molecule has 3 aromatic rings. The number of hydrogen-bond acceptors (Lipinski definition) is 3. The van der Waals surface area contributed by atoms with Crippen LogP contribution in [0.5, 0.6) is 0 Å². The molecule has 0 aliphatic rings.